The highest BCUT2D eigenvalue weighted by Gasteiger charge is 2.27. The van der Waals surface area contributed by atoms with Gasteiger partial charge in [0.1, 0.15) is 18.1 Å². The standard InChI is InChI=1S/C27H36O4/c1-3-4-9-27(28)22-12-16-25(17-13-22)31-20-23-7-5-6-8-26(23)21-10-14-24(15-11-21)30-19-18-29-2/h10-17,23,26H,3-9,18-20H2,1-2H3/t23-,26-/m0/s1. The molecule has 0 heterocycles. The number of ketones is 1. The van der Waals surface area contributed by atoms with Crippen molar-refractivity contribution >= 4 is 5.78 Å². The smallest absolute Gasteiger partial charge is 0.162 e. The second-order valence-electron chi connectivity index (χ2n) is 8.42. The molecule has 31 heavy (non-hydrogen) atoms. The summed E-state index contributed by atoms with van der Waals surface area (Å²) < 4.78 is 16.9. The van der Waals surface area contributed by atoms with Crippen molar-refractivity contribution in [2.75, 3.05) is 26.9 Å². The van der Waals surface area contributed by atoms with Crippen molar-refractivity contribution in [2.24, 2.45) is 5.92 Å². The van der Waals surface area contributed by atoms with Crippen LogP contribution in [-0.4, -0.2) is 32.7 Å². The molecule has 2 aromatic rings. The number of hydrogen-bond donors (Lipinski definition) is 0. The van der Waals surface area contributed by atoms with E-state index in [0.717, 1.165) is 29.9 Å². The molecule has 0 unspecified atom stereocenters. The van der Waals surface area contributed by atoms with Crippen molar-refractivity contribution in [3.8, 4) is 11.5 Å². The highest BCUT2D eigenvalue weighted by molar-refractivity contribution is 5.96. The fraction of sp³-hybridized carbons (Fsp3) is 0.519. The normalized spacial score (nSPS) is 18.5. The first-order valence-electron chi connectivity index (χ1n) is 11.7. The summed E-state index contributed by atoms with van der Waals surface area (Å²) in [6.45, 7) is 3.98. The van der Waals surface area contributed by atoms with Crippen molar-refractivity contribution in [3.63, 3.8) is 0 Å². The van der Waals surface area contributed by atoms with Crippen LogP contribution in [0.3, 0.4) is 0 Å². The molecule has 0 N–H and O–H groups in total. The Hall–Kier alpha value is -2.33. The first-order valence-corrected chi connectivity index (χ1v) is 11.7. The van der Waals surface area contributed by atoms with Crippen LogP contribution in [0.2, 0.25) is 0 Å². The Balaban J connectivity index is 1.55. The molecule has 168 valence electrons. The number of benzene rings is 2. The summed E-state index contributed by atoms with van der Waals surface area (Å²) in [5, 5.41) is 0. The maximum absolute atomic E-state index is 12.2. The fourth-order valence-corrected chi connectivity index (χ4v) is 4.32. The SMILES string of the molecule is CCCCC(=O)c1ccc(OC[C@@H]2CCCC[C@H]2c2ccc(OCCOC)cc2)cc1. The molecule has 1 aliphatic carbocycles. The average Bonchev–Trinajstić information content (AvgIpc) is 2.82. The molecule has 0 amide bonds. The van der Waals surface area contributed by atoms with Crippen LogP contribution >= 0.6 is 0 Å². The van der Waals surface area contributed by atoms with E-state index in [1.165, 1.54) is 31.2 Å². The second kappa shape index (κ2) is 12.5. The molecular weight excluding hydrogens is 388 g/mol. The van der Waals surface area contributed by atoms with Crippen molar-refractivity contribution in [3.05, 3.63) is 59.7 Å². The number of carbonyl (C=O) groups excluding carboxylic acids is 1. The van der Waals surface area contributed by atoms with E-state index in [2.05, 4.69) is 31.2 Å². The molecule has 0 bridgehead atoms. The molecule has 0 aliphatic heterocycles. The van der Waals surface area contributed by atoms with Crippen LogP contribution in [0.25, 0.3) is 0 Å². The summed E-state index contributed by atoms with van der Waals surface area (Å²) in [7, 11) is 1.68. The minimum absolute atomic E-state index is 0.218. The Kier molecular flexibility index (Phi) is 9.41. The first kappa shape index (κ1) is 23.3. The number of carbonyl (C=O) groups is 1. The molecule has 1 aliphatic rings. The Labute approximate surface area is 186 Å². The molecule has 2 atom stereocenters. The highest BCUT2D eigenvalue weighted by atomic mass is 16.5. The van der Waals surface area contributed by atoms with Gasteiger partial charge in [-0.05, 0) is 73.1 Å². The van der Waals surface area contributed by atoms with Gasteiger partial charge >= 0.3 is 0 Å². The average molecular weight is 425 g/mol. The predicted octanol–water partition coefficient (Wildman–Crippen LogP) is 6.44. The van der Waals surface area contributed by atoms with Gasteiger partial charge in [0.25, 0.3) is 0 Å². The Morgan fingerprint density at radius 1 is 0.903 bits per heavy atom. The molecule has 1 fully saturated rings. The molecule has 0 spiro atoms. The van der Waals surface area contributed by atoms with Crippen LogP contribution in [-0.2, 0) is 4.74 Å². The van der Waals surface area contributed by atoms with Gasteiger partial charge in [-0.15, -0.1) is 0 Å². The van der Waals surface area contributed by atoms with Crippen LogP contribution in [0.1, 0.15) is 73.7 Å². The van der Waals surface area contributed by atoms with E-state index in [0.29, 0.717) is 38.1 Å². The summed E-state index contributed by atoms with van der Waals surface area (Å²) in [6, 6.07) is 16.2. The molecule has 0 aromatic heterocycles. The third-order valence-electron chi connectivity index (χ3n) is 6.17. The third kappa shape index (κ3) is 7.10. The minimum Gasteiger partial charge on any atom is -0.493 e. The van der Waals surface area contributed by atoms with Gasteiger partial charge in [0.15, 0.2) is 5.78 Å². The summed E-state index contributed by atoms with van der Waals surface area (Å²) in [6.07, 6.45) is 7.51. The summed E-state index contributed by atoms with van der Waals surface area (Å²) in [4.78, 5) is 12.2. The number of Topliss-reactive ketones (excluding diaryl/α,β-unsaturated/α-hetero) is 1. The maximum atomic E-state index is 12.2. The minimum atomic E-state index is 0.218. The quantitative estimate of drug-likeness (QED) is 0.291. The number of unbranched alkanes of at least 4 members (excludes halogenated alkanes) is 1. The molecule has 4 nitrogen and oxygen atoms in total. The van der Waals surface area contributed by atoms with E-state index in [1.54, 1.807) is 7.11 Å². The molecule has 0 radical (unpaired) electrons. The zero-order chi connectivity index (χ0) is 21.9. The highest BCUT2D eigenvalue weighted by Crippen LogP contribution is 2.38. The lowest BCUT2D eigenvalue weighted by atomic mass is 9.76. The van der Waals surface area contributed by atoms with Gasteiger partial charge in [0.05, 0.1) is 13.2 Å². The maximum Gasteiger partial charge on any atom is 0.162 e. The van der Waals surface area contributed by atoms with Crippen LogP contribution in [0, 0.1) is 5.92 Å². The third-order valence-corrected chi connectivity index (χ3v) is 6.17. The van der Waals surface area contributed by atoms with Crippen LogP contribution in [0.15, 0.2) is 48.5 Å². The lowest BCUT2D eigenvalue weighted by molar-refractivity contribution is 0.0979. The van der Waals surface area contributed by atoms with Gasteiger partial charge in [-0.2, -0.15) is 0 Å². The Bertz CT molecular complexity index is 782. The van der Waals surface area contributed by atoms with Gasteiger partial charge in [-0.1, -0.05) is 38.3 Å². The van der Waals surface area contributed by atoms with E-state index in [1.807, 2.05) is 24.3 Å². The summed E-state index contributed by atoms with van der Waals surface area (Å²) in [5.74, 6) is 2.96. The largest absolute Gasteiger partial charge is 0.493 e. The van der Waals surface area contributed by atoms with Gasteiger partial charge in [0.2, 0.25) is 0 Å². The Morgan fingerprint density at radius 3 is 2.29 bits per heavy atom. The van der Waals surface area contributed by atoms with E-state index in [9.17, 15) is 4.79 Å². The number of ether oxygens (including phenoxy) is 3. The van der Waals surface area contributed by atoms with Crippen molar-refractivity contribution in [1.29, 1.82) is 0 Å². The van der Waals surface area contributed by atoms with Gasteiger partial charge in [0, 0.05) is 19.1 Å². The van der Waals surface area contributed by atoms with Crippen LogP contribution in [0.5, 0.6) is 11.5 Å². The number of methoxy groups -OCH3 is 1. The van der Waals surface area contributed by atoms with E-state index >= 15 is 0 Å². The number of hydrogen-bond acceptors (Lipinski definition) is 4. The molecule has 4 heteroatoms. The van der Waals surface area contributed by atoms with E-state index in [-0.39, 0.29) is 5.78 Å². The van der Waals surface area contributed by atoms with Crippen molar-refractivity contribution < 1.29 is 19.0 Å². The Morgan fingerprint density at radius 2 is 1.58 bits per heavy atom. The van der Waals surface area contributed by atoms with Crippen LogP contribution in [0.4, 0.5) is 0 Å². The first-order chi connectivity index (χ1) is 15.2. The second-order valence-corrected chi connectivity index (χ2v) is 8.42. The summed E-state index contributed by atoms with van der Waals surface area (Å²) in [5.41, 5.74) is 2.15. The molecule has 2 aromatic carbocycles. The van der Waals surface area contributed by atoms with Gasteiger partial charge in [-0.3, -0.25) is 4.79 Å². The molecule has 3 rings (SSSR count). The van der Waals surface area contributed by atoms with Gasteiger partial charge in [-0.25, -0.2) is 0 Å². The topological polar surface area (TPSA) is 44.8 Å². The van der Waals surface area contributed by atoms with E-state index in [4.69, 9.17) is 14.2 Å². The zero-order valence-corrected chi connectivity index (χ0v) is 19.0. The monoisotopic (exact) mass is 424 g/mol. The fourth-order valence-electron chi connectivity index (χ4n) is 4.32. The van der Waals surface area contributed by atoms with E-state index < -0.39 is 0 Å². The molecule has 1 saturated carbocycles. The summed E-state index contributed by atoms with van der Waals surface area (Å²) >= 11 is 0. The van der Waals surface area contributed by atoms with Gasteiger partial charge < -0.3 is 14.2 Å². The number of rotatable bonds is 12. The predicted molar refractivity (Wildman–Crippen MR) is 124 cm³/mol. The molecular formula is C27H36O4. The lowest BCUT2D eigenvalue weighted by Gasteiger charge is -2.32. The van der Waals surface area contributed by atoms with Crippen molar-refractivity contribution in [1.82, 2.24) is 0 Å². The van der Waals surface area contributed by atoms with Crippen molar-refractivity contribution in [2.45, 2.75) is 57.8 Å². The zero-order valence-electron chi connectivity index (χ0n) is 19.0. The lowest BCUT2D eigenvalue weighted by Crippen LogP contribution is -2.24. The van der Waals surface area contributed by atoms with Crippen LogP contribution < -0.4 is 9.47 Å². The molecule has 0 saturated heterocycles.